The first kappa shape index (κ1) is 9.69. The lowest BCUT2D eigenvalue weighted by Gasteiger charge is -1.42. The van der Waals surface area contributed by atoms with Gasteiger partial charge in [-0.25, -0.2) is 4.21 Å². The van der Waals surface area contributed by atoms with Gasteiger partial charge in [-0.05, 0) is 5.87 Å². The van der Waals surface area contributed by atoms with E-state index >= 15 is 0 Å². The van der Waals surface area contributed by atoms with E-state index in [-0.39, 0.29) is 16.6 Å². The molecule has 0 spiro atoms. The van der Waals surface area contributed by atoms with Crippen LogP contribution >= 0.6 is 23.2 Å². The van der Waals surface area contributed by atoms with Gasteiger partial charge in [-0.15, -0.1) is 23.2 Å². The van der Waals surface area contributed by atoms with Crippen molar-refractivity contribution in [2.75, 3.05) is 5.34 Å². The molecule has 38 valence electrons. The van der Waals surface area contributed by atoms with Gasteiger partial charge in [0.1, 0.15) is 0 Å². The zero-order valence-corrected chi connectivity index (χ0v) is 5.31. The van der Waals surface area contributed by atoms with E-state index < -0.39 is 0 Å². The third kappa shape index (κ3) is 244. The van der Waals surface area contributed by atoms with Crippen molar-refractivity contribution in [1.82, 2.24) is 0 Å². The molecule has 0 amide bonds. The first-order chi connectivity index (χ1) is 2.83. The van der Waals surface area contributed by atoms with Crippen LogP contribution in [0.1, 0.15) is 0 Å². The standard InChI is InChI=1S/CH2Cl2.CH2OS/c2-1-3;1-3-2/h2*1H2. The second kappa shape index (κ2) is 17.9. The summed E-state index contributed by atoms with van der Waals surface area (Å²) in [6.07, 6.45) is 0. The van der Waals surface area contributed by atoms with Crippen LogP contribution in [-0.2, 0) is 11.3 Å². The van der Waals surface area contributed by atoms with E-state index in [4.69, 9.17) is 27.4 Å². The average molecular weight is 147 g/mol. The van der Waals surface area contributed by atoms with Crippen LogP contribution in [0.5, 0.6) is 0 Å². The number of hydrogen-bond acceptors (Lipinski definition) is 1. The second-order valence-corrected chi connectivity index (χ2v) is 1.26. The fourth-order valence-electron chi connectivity index (χ4n) is 0. The van der Waals surface area contributed by atoms with Crippen LogP contribution in [0.3, 0.4) is 0 Å². The normalized spacial score (nSPS) is 5.00. The fraction of sp³-hybridized carbons (Fsp3) is 0.500. The molecule has 0 saturated carbocycles. The highest BCUT2D eigenvalue weighted by Gasteiger charge is 1.41. The molecular formula is C2H4Cl2OS. The molecule has 6 heavy (non-hydrogen) atoms. The molecule has 1 nitrogen and oxygen atoms in total. The number of halogens is 2. The van der Waals surface area contributed by atoms with Gasteiger partial charge in [-0.2, -0.15) is 0 Å². The van der Waals surface area contributed by atoms with Crippen LogP contribution in [-0.4, -0.2) is 15.4 Å². The van der Waals surface area contributed by atoms with Crippen molar-refractivity contribution in [1.29, 1.82) is 0 Å². The summed E-state index contributed by atoms with van der Waals surface area (Å²) in [5.74, 6) is 2.85. The van der Waals surface area contributed by atoms with Crippen molar-refractivity contribution in [2.24, 2.45) is 0 Å². The molecule has 0 aromatic heterocycles. The van der Waals surface area contributed by atoms with Crippen molar-refractivity contribution in [3.63, 3.8) is 0 Å². The molecule has 0 unspecified atom stereocenters. The van der Waals surface area contributed by atoms with Crippen LogP contribution in [0, 0.1) is 0 Å². The molecule has 0 atom stereocenters. The molecule has 0 aliphatic carbocycles. The molecule has 0 radical (unpaired) electrons. The van der Waals surface area contributed by atoms with E-state index in [1.165, 1.54) is 0 Å². The number of rotatable bonds is 0. The van der Waals surface area contributed by atoms with Gasteiger partial charge < -0.3 is 0 Å². The molecule has 0 aliphatic heterocycles. The summed E-state index contributed by atoms with van der Waals surface area (Å²) in [6, 6.07) is 0. The molecule has 0 aliphatic rings. The maximum atomic E-state index is 8.74. The highest BCUT2D eigenvalue weighted by molar-refractivity contribution is 7.63. The van der Waals surface area contributed by atoms with E-state index in [9.17, 15) is 0 Å². The average Bonchev–Trinajstić information content (AvgIpc) is 1.39. The number of hydrogen-bond donors (Lipinski definition) is 0. The third-order valence-corrected chi connectivity index (χ3v) is 0. The minimum atomic E-state index is 0.194. The zero-order valence-electron chi connectivity index (χ0n) is 2.99. The van der Waals surface area contributed by atoms with E-state index in [1.54, 1.807) is 0 Å². The monoisotopic (exact) mass is 146 g/mol. The SMILES string of the molecule is C=S=O.ClCCl. The summed E-state index contributed by atoms with van der Waals surface area (Å²) in [4.78, 5) is 0. The largest absolute Gasteiger partial charge is 0.213 e. The van der Waals surface area contributed by atoms with E-state index in [0.29, 0.717) is 0 Å². The molecular weight excluding hydrogens is 143 g/mol. The molecule has 0 rings (SSSR count). The Kier molecular flexibility index (Phi) is 28.9. The number of alkyl halides is 2. The van der Waals surface area contributed by atoms with Gasteiger partial charge in [-0.1, -0.05) is 0 Å². The Morgan fingerprint density at radius 2 is 1.67 bits per heavy atom. The predicted molar refractivity (Wildman–Crippen MR) is 31.8 cm³/mol. The van der Waals surface area contributed by atoms with Gasteiger partial charge >= 0.3 is 0 Å². The Bertz CT molecular complexity index is 40.8. The van der Waals surface area contributed by atoms with E-state index in [0.717, 1.165) is 0 Å². The Hall–Kier alpha value is 0.470. The topological polar surface area (TPSA) is 17.1 Å². The van der Waals surface area contributed by atoms with Crippen LogP contribution in [0.2, 0.25) is 0 Å². The molecule has 0 fully saturated rings. The lowest BCUT2D eigenvalue weighted by molar-refractivity contribution is 0.701. The van der Waals surface area contributed by atoms with Crippen molar-refractivity contribution < 1.29 is 4.21 Å². The van der Waals surface area contributed by atoms with Crippen molar-refractivity contribution >= 4 is 40.3 Å². The summed E-state index contributed by atoms with van der Waals surface area (Å²) >= 11 is 9.78. The van der Waals surface area contributed by atoms with Gasteiger partial charge in [0.15, 0.2) is 0 Å². The minimum Gasteiger partial charge on any atom is -0.213 e. The molecule has 0 heterocycles. The summed E-state index contributed by atoms with van der Waals surface area (Å²) in [7, 11) is 0. The van der Waals surface area contributed by atoms with Crippen molar-refractivity contribution in [3.05, 3.63) is 0 Å². The Morgan fingerprint density at radius 1 is 1.67 bits per heavy atom. The first-order valence-electron chi connectivity index (χ1n) is 0.990. The van der Waals surface area contributed by atoms with Gasteiger partial charge in [0.2, 0.25) is 0 Å². The predicted octanol–water partition coefficient (Wildman–Crippen LogP) is 1.05. The molecule has 0 bridgehead atoms. The first-order valence-corrected chi connectivity index (χ1v) is 2.97. The quantitative estimate of drug-likeness (QED) is 0.369. The summed E-state index contributed by atoms with van der Waals surface area (Å²) in [5.41, 5.74) is 0. The summed E-state index contributed by atoms with van der Waals surface area (Å²) in [5, 5.41) is 0.194. The van der Waals surface area contributed by atoms with Crippen LogP contribution in [0.15, 0.2) is 0 Å². The summed E-state index contributed by atoms with van der Waals surface area (Å²) < 4.78 is 8.74. The second-order valence-electron chi connectivity index (χ2n) is 0.219. The maximum absolute atomic E-state index is 8.74. The highest BCUT2D eigenvalue weighted by atomic mass is 35.5. The lowest BCUT2D eigenvalue weighted by Crippen LogP contribution is -1.24. The van der Waals surface area contributed by atoms with Gasteiger partial charge in [-0.3, -0.25) is 0 Å². The third-order valence-electron chi connectivity index (χ3n) is 0. The Labute approximate surface area is 50.3 Å². The fourth-order valence-corrected chi connectivity index (χ4v) is 0. The Morgan fingerprint density at radius 3 is 1.67 bits per heavy atom. The van der Waals surface area contributed by atoms with Gasteiger partial charge in [0, 0.05) is 0 Å². The summed E-state index contributed by atoms with van der Waals surface area (Å²) in [6.45, 7) is 0. The Balaban J connectivity index is 0. The highest BCUT2D eigenvalue weighted by Crippen LogP contribution is 1.73. The zero-order chi connectivity index (χ0) is 5.41. The van der Waals surface area contributed by atoms with Crippen LogP contribution < -0.4 is 0 Å². The molecule has 0 aromatic carbocycles. The van der Waals surface area contributed by atoms with Crippen LogP contribution in [0.4, 0.5) is 0 Å². The van der Waals surface area contributed by atoms with E-state index in [1.807, 2.05) is 0 Å². The maximum Gasteiger partial charge on any atom is 0.0967 e. The van der Waals surface area contributed by atoms with E-state index in [2.05, 4.69) is 5.87 Å². The molecule has 4 heteroatoms. The molecule has 0 N–H and O–H groups in total. The van der Waals surface area contributed by atoms with Gasteiger partial charge in [0.05, 0.1) is 16.6 Å². The van der Waals surface area contributed by atoms with Crippen molar-refractivity contribution in [2.45, 2.75) is 0 Å². The minimum absolute atomic E-state index is 0.194. The van der Waals surface area contributed by atoms with Gasteiger partial charge in [0.25, 0.3) is 0 Å². The lowest BCUT2D eigenvalue weighted by atomic mass is 11.9. The van der Waals surface area contributed by atoms with Crippen LogP contribution in [0.25, 0.3) is 0 Å². The molecule has 0 saturated heterocycles. The molecule has 0 aromatic rings. The smallest absolute Gasteiger partial charge is 0.0967 e. The van der Waals surface area contributed by atoms with Crippen molar-refractivity contribution in [3.8, 4) is 0 Å².